The lowest BCUT2D eigenvalue weighted by Crippen LogP contribution is -2.39. The summed E-state index contributed by atoms with van der Waals surface area (Å²) in [5.41, 5.74) is 1.73. The zero-order valence-corrected chi connectivity index (χ0v) is 10.6. The molecule has 1 aromatic rings. The SMILES string of the molecule is [C-]#[N+][C@@H]1CCC[C@@H](NC(=O)c2ccccc2C)C1. The molecule has 0 unspecified atom stereocenters. The highest BCUT2D eigenvalue weighted by Gasteiger charge is 2.26. The lowest BCUT2D eigenvalue weighted by atomic mass is 9.91. The number of carbonyl (C=O) groups excluding carboxylic acids is 1. The summed E-state index contributed by atoms with van der Waals surface area (Å²) in [6.45, 7) is 9.02. The van der Waals surface area contributed by atoms with E-state index in [-0.39, 0.29) is 18.0 Å². The number of nitrogens with zero attached hydrogens (tertiary/aromatic N) is 1. The molecule has 0 aliphatic heterocycles. The number of benzene rings is 1. The molecule has 1 amide bonds. The Balaban J connectivity index is 2.00. The number of carbonyl (C=O) groups is 1. The largest absolute Gasteiger partial charge is 0.349 e. The molecular weight excluding hydrogens is 224 g/mol. The number of amides is 1. The fourth-order valence-electron chi connectivity index (χ4n) is 2.50. The second-order valence-electron chi connectivity index (χ2n) is 4.93. The average molecular weight is 242 g/mol. The minimum atomic E-state index is -0.0104. The van der Waals surface area contributed by atoms with Crippen molar-refractivity contribution in [3.05, 3.63) is 46.8 Å². The first-order valence-corrected chi connectivity index (χ1v) is 6.43. The lowest BCUT2D eigenvalue weighted by molar-refractivity contribution is 0.0926. The van der Waals surface area contributed by atoms with Crippen LogP contribution in [0, 0.1) is 13.5 Å². The molecule has 2 rings (SSSR count). The Kier molecular flexibility index (Phi) is 3.99. The van der Waals surface area contributed by atoms with E-state index in [9.17, 15) is 4.79 Å². The molecule has 0 saturated heterocycles. The molecule has 0 aromatic heterocycles. The molecule has 3 heteroatoms. The van der Waals surface area contributed by atoms with E-state index in [2.05, 4.69) is 10.2 Å². The molecule has 1 N–H and O–H groups in total. The third-order valence-electron chi connectivity index (χ3n) is 3.55. The Morgan fingerprint density at radius 3 is 2.89 bits per heavy atom. The van der Waals surface area contributed by atoms with E-state index < -0.39 is 0 Å². The molecule has 94 valence electrons. The van der Waals surface area contributed by atoms with Gasteiger partial charge in [0.1, 0.15) is 0 Å². The van der Waals surface area contributed by atoms with Gasteiger partial charge in [0.25, 0.3) is 5.91 Å². The van der Waals surface area contributed by atoms with E-state index in [1.165, 1.54) is 0 Å². The maximum atomic E-state index is 12.1. The van der Waals surface area contributed by atoms with E-state index in [0.717, 1.165) is 36.8 Å². The molecule has 1 fully saturated rings. The van der Waals surface area contributed by atoms with Gasteiger partial charge < -0.3 is 10.2 Å². The highest BCUT2D eigenvalue weighted by atomic mass is 16.1. The van der Waals surface area contributed by atoms with Crippen molar-refractivity contribution in [1.82, 2.24) is 5.32 Å². The summed E-state index contributed by atoms with van der Waals surface area (Å²) in [5.74, 6) is -0.0104. The minimum Gasteiger partial charge on any atom is -0.349 e. The van der Waals surface area contributed by atoms with Crippen molar-refractivity contribution >= 4 is 5.91 Å². The van der Waals surface area contributed by atoms with Crippen LogP contribution in [-0.4, -0.2) is 18.0 Å². The summed E-state index contributed by atoms with van der Waals surface area (Å²) in [4.78, 5) is 15.7. The first-order chi connectivity index (χ1) is 8.70. The zero-order chi connectivity index (χ0) is 13.0. The van der Waals surface area contributed by atoms with Crippen molar-refractivity contribution in [3.8, 4) is 0 Å². The van der Waals surface area contributed by atoms with Crippen LogP contribution in [0.3, 0.4) is 0 Å². The highest BCUT2D eigenvalue weighted by Crippen LogP contribution is 2.21. The van der Waals surface area contributed by atoms with E-state index in [4.69, 9.17) is 6.57 Å². The maximum absolute atomic E-state index is 12.1. The number of aryl methyl sites for hydroxylation is 1. The van der Waals surface area contributed by atoms with Gasteiger partial charge in [-0.1, -0.05) is 18.2 Å². The van der Waals surface area contributed by atoms with Crippen LogP contribution in [0.1, 0.15) is 41.6 Å². The fourth-order valence-corrected chi connectivity index (χ4v) is 2.50. The van der Waals surface area contributed by atoms with Crippen LogP contribution in [-0.2, 0) is 0 Å². The maximum Gasteiger partial charge on any atom is 0.251 e. The molecule has 1 aliphatic carbocycles. The summed E-state index contributed by atoms with van der Waals surface area (Å²) >= 11 is 0. The third-order valence-corrected chi connectivity index (χ3v) is 3.55. The van der Waals surface area contributed by atoms with Gasteiger partial charge in [0.2, 0.25) is 6.04 Å². The summed E-state index contributed by atoms with van der Waals surface area (Å²) < 4.78 is 0. The average Bonchev–Trinajstić information content (AvgIpc) is 2.39. The van der Waals surface area contributed by atoms with Gasteiger partial charge in [-0.15, -0.1) is 0 Å². The molecule has 0 radical (unpaired) electrons. The number of hydrogen-bond acceptors (Lipinski definition) is 1. The summed E-state index contributed by atoms with van der Waals surface area (Å²) in [6, 6.07) is 7.84. The third kappa shape index (κ3) is 2.89. The van der Waals surface area contributed by atoms with Gasteiger partial charge in [-0.05, 0) is 31.4 Å². The van der Waals surface area contributed by atoms with Crippen molar-refractivity contribution in [2.45, 2.75) is 44.7 Å². The van der Waals surface area contributed by atoms with Crippen molar-refractivity contribution in [2.24, 2.45) is 0 Å². The van der Waals surface area contributed by atoms with Gasteiger partial charge in [0, 0.05) is 24.4 Å². The molecule has 1 aliphatic rings. The van der Waals surface area contributed by atoms with E-state index in [1.54, 1.807) is 0 Å². The molecule has 0 heterocycles. The fraction of sp³-hybridized carbons (Fsp3) is 0.467. The Morgan fingerprint density at radius 1 is 1.39 bits per heavy atom. The van der Waals surface area contributed by atoms with Gasteiger partial charge in [0.15, 0.2) is 0 Å². The second kappa shape index (κ2) is 5.68. The van der Waals surface area contributed by atoms with Crippen molar-refractivity contribution < 1.29 is 4.79 Å². The zero-order valence-electron chi connectivity index (χ0n) is 10.6. The molecule has 2 atom stereocenters. The van der Waals surface area contributed by atoms with Crippen LogP contribution < -0.4 is 5.32 Å². The van der Waals surface area contributed by atoms with Crippen LogP contribution in [0.4, 0.5) is 0 Å². The van der Waals surface area contributed by atoms with Crippen LogP contribution in [0.15, 0.2) is 24.3 Å². The molecule has 3 nitrogen and oxygen atoms in total. The van der Waals surface area contributed by atoms with Crippen LogP contribution >= 0.6 is 0 Å². The topological polar surface area (TPSA) is 33.5 Å². The Labute approximate surface area is 108 Å². The van der Waals surface area contributed by atoms with E-state index in [1.807, 2.05) is 31.2 Å². The normalized spacial score (nSPS) is 23.1. The van der Waals surface area contributed by atoms with Crippen molar-refractivity contribution in [3.63, 3.8) is 0 Å². The smallest absolute Gasteiger partial charge is 0.251 e. The predicted molar refractivity (Wildman–Crippen MR) is 71.3 cm³/mol. The van der Waals surface area contributed by atoms with Gasteiger partial charge in [-0.2, -0.15) is 0 Å². The second-order valence-corrected chi connectivity index (χ2v) is 4.93. The number of hydrogen-bond donors (Lipinski definition) is 1. The van der Waals surface area contributed by atoms with Gasteiger partial charge in [-0.25, -0.2) is 6.57 Å². The van der Waals surface area contributed by atoms with Gasteiger partial charge in [-0.3, -0.25) is 4.79 Å². The van der Waals surface area contributed by atoms with Crippen LogP contribution in [0.5, 0.6) is 0 Å². The lowest BCUT2D eigenvalue weighted by Gasteiger charge is -2.24. The molecule has 0 bridgehead atoms. The quantitative estimate of drug-likeness (QED) is 0.795. The standard InChI is InChI=1S/C15H18N2O/c1-11-6-3-4-9-14(11)15(18)17-13-8-5-7-12(10-13)16-2/h3-4,6,9,12-13H,5,7-8,10H2,1H3,(H,17,18)/t12-,13-/m1/s1. The summed E-state index contributed by atoms with van der Waals surface area (Å²) in [6.07, 6.45) is 3.79. The molecule has 18 heavy (non-hydrogen) atoms. The first-order valence-electron chi connectivity index (χ1n) is 6.43. The predicted octanol–water partition coefficient (Wildman–Crippen LogP) is 2.96. The molecule has 0 spiro atoms. The molecule has 1 saturated carbocycles. The van der Waals surface area contributed by atoms with Crippen molar-refractivity contribution in [2.75, 3.05) is 0 Å². The van der Waals surface area contributed by atoms with E-state index >= 15 is 0 Å². The monoisotopic (exact) mass is 242 g/mol. The number of rotatable bonds is 2. The Hall–Kier alpha value is -1.82. The number of nitrogens with one attached hydrogen (secondary N) is 1. The highest BCUT2D eigenvalue weighted by molar-refractivity contribution is 5.95. The first kappa shape index (κ1) is 12.6. The summed E-state index contributed by atoms with van der Waals surface area (Å²) in [7, 11) is 0. The molecule has 1 aromatic carbocycles. The Morgan fingerprint density at radius 2 is 2.17 bits per heavy atom. The molecular formula is C15H18N2O. The van der Waals surface area contributed by atoms with E-state index in [0.29, 0.717) is 0 Å². The summed E-state index contributed by atoms with van der Waals surface area (Å²) in [5, 5.41) is 3.06. The van der Waals surface area contributed by atoms with Crippen LogP contribution in [0.25, 0.3) is 4.85 Å². The van der Waals surface area contributed by atoms with Crippen LogP contribution in [0.2, 0.25) is 0 Å². The van der Waals surface area contributed by atoms with Gasteiger partial charge >= 0.3 is 0 Å². The minimum absolute atomic E-state index is 0.0104. The Bertz CT molecular complexity index is 476. The van der Waals surface area contributed by atoms with Gasteiger partial charge in [0.05, 0.1) is 0 Å². The van der Waals surface area contributed by atoms with Crippen molar-refractivity contribution in [1.29, 1.82) is 0 Å².